The molecule has 0 amide bonds. The smallest absolute Gasteiger partial charge is 0.369 e. The van der Waals surface area contributed by atoms with Gasteiger partial charge in [0.05, 0.1) is 11.3 Å². The summed E-state index contributed by atoms with van der Waals surface area (Å²) >= 11 is 0. The number of hydrogen-bond donors (Lipinski definition) is 1. The Morgan fingerprint density at radius 1 is 1.24 bits per heavy atom. The van der Waals surface area contributed by atoms with Crippen LogP contribution in [0.2, 0.25) is 0 Å². The lowest BCUT2D eigenvalue weighted by Crippen LogP contribution is -2.41. The fourth-order valence-corrected chi connectivity index (χ4v) is 2.82. The second kappa shape index (κ2) is 6.22. The first-order chi connectivity index (χ1) is 9.82. The van der Waals surface area contributed by atoms with Crippen LogP contribution in [0.1, 0.15) is 25.3 Å². The summed E-state index contributed by atoms with van der Waals surface area (Å²) < 4.78 is 51.5. The van der Waals surface area contributed by atoms with Gasteiger partial charge in [-0.15, -0.1) is 0 Å². The van der Waals surface area contributed by atoms with Crippen molar-refractivity contribution in [1.82, 2.24) is 5.32 Å². The van der Waals surface area contributed by atoms with E-state index in [1.165, 1.54) is 6.07 Å². The molecule has 1 aromatic carbocycles. The van der Waals surface area contributed by atoms with Crippen molar-refractivity contribution in [3.05, 3.63) is 29.6 Å². The number of nitrogens with zero attached hydrogens (tertiary/aromatic N) is 1. The van der Waals surface area contributed by atoms with Crippen LogP contribution in [0.3, 0.4) is 0 Å². The number of nitrogens with one attached hydrogen (secondary N) is 1. The van der Waals surface area contributed by atoms with Crippen LogP contribution in [-0.2, 0) is 6.18 Å². The van der Waals surface area contributed by atoms with Gasteiger partial charge in [-0.2, -0.15) is 13.2 Å². The normalized spacial score (nSPS) is 18.9. The second-order valence-electron chi connectivity index (χ2n) is 5.57. The van der Waals surface area contributed by atoms with Crippen molar-refractivity contribution < 1.29 is 17.6 Å². The predicted molar refractivity (Wildman–Crippen MR) is 74.9 cm³/mol. The van der Waals surface area contributed by atoms with Crippen molar-refractivity contribution in [2.75, 3.05) is 25.0 Å². The first-order valence-electron chi connectivity index (χ1n) is 7.12. The highest BCUT2D eigenvalue weighted by molar-refractivity contribution is 5.50. The molecule has 0 spiro atoms. The molecule has 1 N–H and O–H groups in total. The van der Waals surface area contributed by atoms with E-state index in [0.29, 0.717) is 31.1 Å². The van der Waals surface area contributed by atoms with Gasteiger partial charge in [0, 0.05) is 19.1 Å². The standard InChI is InChI=1S/C15H20F4N2/c1-10(20-2)11-5-7-21(8-6-11)14-4-3-12(9-13(14)16)15(17,18)19/h3-4,9-11,20H,5-8H2,1-2H3. The van der Waals surface area contributed by atoms with E-state index < -0.39 is 17.6 Å². The van der Waals surface area contributed by atoms with Crippen LogP contribution in [0.25, 0.3) is 0 Å². The topological polar surface area (TPSA) is 15.3 Å². The van der Waals surface area contributed by atoms with Crippen LogP contribution in [0.5, 0.6) is 0 Å². The summed E-state index contributed by atoms with van der Waals surface area (Å²) in [7, 11) is 1.91. The van der Waals surface area contributed by atoms with Crippen LogP contribution in [0.4, 0.5) is 23.2 Å². The van der Waals surface area contributed by atoms with Gasteiger partial charge >= 0.3 is 6.18 Å². The van der Waals surface area contributed by atoms with Crippen molar-refractivity contribution in [1.29, 1.82) is 0 Å². The zero-order chi connectivity index (χ0) is 15.6. The van der Waals surface area contributed by atoms with E-state index in [1.807, 2.05) is 11.9 Å². The van der Waals surface area contributed by atoms with Crippen molar-refractivity contribution in [3.8, 4) is 0 Å². The Morgan fingerprint density at radius 3 is 2.33 bits per heavy atom. The molecule has 2 rings (SSSR count). The zero-order valence-corrected chi connectivity index (χ0v) is 12.2. The van der Waals surface area contributed by atoms with Crippen LogP contribution in [0.15, 0.2) is 18.2 Å². The molecule has 1 heterocycles. The molecule has 1 unspecified atom stereocenters. The summed E-state index contributed by atoms with van der Waals surface area (Å²) in [5.41, 5.74) is -0.680. The summed E-state index contributed by atoms with van der Waals surface area (Å²) in [6.07, 6.45) is -2.69. The SMILES string of the molecule is CNC(C)C1CCN(c2ccc(C(F)(F)F)cc2F)CC1. The maximum absolute atomic E-state index is 13.9. The molecule has 1 aliphatic heterocycles. The minimum atomic E-state index is -4.51. The van der Waals surface area contributed by atoms with Gasteiger partial charge in [0.1, 0.15) is 5.82 Å². The third-order valence-corrected chi connectivity index (χ3v) is 4.32. The van der Waals surface area contributed by atoms with Crippen LogP contribution in [-0.4, -0.2) is 26.2 Å². The molecule has 1 atom stereocenters. The summed E-state index contributed by atoms with van der Waals surface area (Å²) in [5.74, 6) is -0.284. The largest absolute Gasteiger partial charge is 0.416 e. The molecule has 1 fully saturated rings. The van der Waals surface area contributed by atoms with E-state index in [0.717, 1.165) is 18.9 Å². The fourth-order valence-electron chi connectivity index (χ4n) is 2.82. The zero-order valence-electron chi connectivity index (χ0n) is 12.2. The highest BCUT2D eigenvalue weighted by Gasteiger charge is 2.32. The molecule has 0 saturated carbocycles. The van der Waals surface area contributed by atoms with Crippen molar-refractivity contribution in [2.24, 2.45) is 5.92 Å². The molecule has 0 bridgehead atoms. The highest BCUT2D eigenvalue weighted by atomic mass is 19.4. The van der Waals surface area contributed by atoms with E-state index in [-0.39, 0.29) is 5.69 Å². The molecule has 0 aliphatic carbocycles. The molecule has 1 saturated heterocycles. The number of rotatable bonds is 3. The number of anilines is 1. The average molecular weight is 304 g/mol. The van der Waals surface area contributed by atoms with Crippen molar-refractivity contribution in [3.63, 3.8) is 0 Å². The predicted octanol–water partition coefficient (Wildman–Crippen LogP) is 3.67. The number of alkyl halides is 3. The molecule has 1 aromatic rings. The summed E-state index contributed by atoms with van der Waals surface area (Å²) in [4.78, 5) is 1.83. The third-order valence-electron chi connectivity index (χ3n) is 4.32. The minimum absolute atomic E-state index is 0.263. The molecule has 0 aromatic heterocycles. The van der Waals surface area contributed by atoms with Gasteiger partial charge in [0.15, 0.2) is 0 Å². The quantitative estimate of drug-likeness (QED) is 0.857. The summed E-state index contributed by atoms with van der Waals surface area (Å²) in [6, 6.07) is 3.16. The molecule has 0 radical (unpaired) electrons. The summed E-state index contributed by atoms with van der Waals surface area (Å²) in [5, 5.41) is 3.21. The molecular formula is C15H20F4N2. The minimum Gasteiger partial charge on any atom is -0.369 e. The molecule has 1 aliphatic rings. The Balaban J connectivity index is 2.07. The van der Waals surface area contributed by atoms with Gasteiger partial charge < -0.3 is 10.2 Å². The number of hydrogen-bond acceptors (Lipinski definition) is 2. The average Bonchev–Trinajstić information content (AvgIpc) is 2.45. The summed E-state index contributed by atoms with van der Waals surface area (Å²) in [6.45, 7) is 3.44. The van der Waals surface area contributed by atoms with E-state index in [1.54, 1.807) is 0 Å². The van der Waals surface area contributed by atoms with Crippen LogP contribution >= 0.6 is 0 Å². The Labute approximate surface area is 122 Å². The molecule has 2 nitrogen and oxygen atoms in total. The first kappa shape index (κ1) is 16.1. The van der Waals surface area contributed by atoms with Gasteiger partial charge in [-0.25, -0.2) is 4.39 Å². The van der Waals surface area contributed by atoms with Crippen molar-refractivity contribution >= 4 is 5.69 Å². The van der Waals surface area contributed by atoms with E-state index in [9.17, 15) is 17.6 Å². The van der Waals surface area contributed by atoms with Gasteiger partial charge in [-0.3, -0.25) is 0 Å². The van der Waals surface area contributed by atoms with Crippen molar-refractivity contribution in [2.45, 2.75) is 32.0 Å². The maximum Gasteiger partial charge on any atom is 0.416 e. The monoisotopic (exact) mass is 304 g/mol. The Hall–Kier alpha value is -1.30. The Morgan fingerprint density at radius 2 is 1.86 bits per heavy atom. The highest BCUT2D eigenvalue weighted by Crippen LogP contribution is 2.33. The molecule has 21 heavy (non-hydrogen) atoms. The Kier molecular flexibility index (Phi) is 4.76. The lowest BCUT2D eigenvalue weighted by Gasteiger charge is -2.36. The van der Waals surface area contributed by atoms with E-state index >= 15 is 0 Å². The van der Waals surface area contributed by atoms with Crippen LogP contribution in [0, 0.1) is 11.7 Å². The molecule has 118 valence electrons. The number of halogens is 4. The van der Waals surface area contributed by atoms with Crippen LogP contribution < -0.4 is 10.2 Å². The van der Waals surface area contributed by atoms with Gasteiger partial charge in [-0.1, -0.05) is 0 Å². The van der Waals surface area contributed by atoms with E-state index in [2.05, 4.69) is 12.2 Å². The third kappa shape index (κ3) is 3.67. The fraction of sp³-hybridized carbons (Fsp3) is 0.600. The number of piperidine rings is 1. The van der Waals surface area contributed by atoms with Gasteiger partial charge in [0.25, 0.3) is 0 Å². The van der Waals surface area contributed by atoms with Gasteiger partial charge in [0.2, 0.25) is 0 Å². The first-order valence-corrected chi connectivity index (χ1v) is 7.12. The van der Waals surface area contributed by atoms with Gasteiger partial charge in [-0.05, 0) is 50.9 Å². The Bertz CT molecular complexity index is 479. The number of benzene rings is 1. The molecular weight excluding hydrogens is 284 g/mol. The van der Waals surface area contributed by atoms with E-state index in [4.69, 9.17) is 0 Å². The maximum atomic E-state index is 13.9. The second-order valence-corrected chi connectivity index (χ2v) is 5.57. The molecule has 6 heteroatoms. The lowest BCUT2D eigenvalue weighted by molar-refractivity contribution is -0.137. The lowest BCUT2D eigenvalue weighted by atomic mass is 9.90.